The zero-order valence-electron chi connectivity index (χ0n) is 15.1. The molecule has 28 heavy (non-hydrogen) atoms. The predicted octanol–water partition coefficient (Wildman–Crippen LogP) is 4.15. The van der Waals surface area contributed by atoms with Crippen LogP contribution < -0.4 is 4.72 Å². The third-order valence-corrected chi connectivity index (χ3v) is 6.54. The normalized spacial score (nSPS) is 13.6. The van der Waals surface area contributed by atoms with Gasteiger partial charge in [0.15, 0.2) is 0 Å². The van der Waals surface area contributed by atoms with Gasteiger partial charge in [0.25, 0.3) is 0 Å². The summed E-state index contributed by atoms with van der Waals surface area (Å²) in [5.74, 6) is 0. The summed E-state index contributed by atoms with van der Waals surface area (Å²) in [6.45, 7) is 3.66. The monoisotopic (exact) mass is 429 g/mol. The number of halogens is 3. The van der Waals surface area contributed by atoms with Crippen molar-refractivity contribution in [2.75, 3.05) is 6.54 Å². The first kappa shape index (κ1) is 20.6. The molecule has 0 saturated carbocycles. The summed E-state index contributed by atoms with van der Waals surface area (Å²) >= 11 is 1.45. The van der Waals surface area contributed by atoms with E-state index in [2.05, 4.69) is 9.82 Å². The van der Waals surface area contributed by atoms with E-state index in [-0.39, 0.29) is 6.54 Å². The van der Waals surface area contributed by atoms with Crippen LogP contribution >= 0.6 is 11.3 Å². The number of benzene rings is 1. The Kier molecular flexibility index (Phi) is 5.64. The van der Waals surface area contributed by atoms with Gasteiger partial charge in [-0.25, -0.2) is 13.1 Å². The first-order valence-electron chi connectivity index (χ1n) is 8.31. The maximum absolute atomic E-state index is 12.9. The molecule has 10 heteroatoms. The summed E-state index contributed by atoms with van der Waals surface area (Å²) in [5.41, 5.74) is 0.637. The number of hydrogen-bond donors (Lipinski definition) is 1. The van der Waals surface area contributed by atoms with Crippen molar-refractivity contribution in [3.05, 3.63) is 69.7 Å². The lowest BCUT2D eigenvalue weighted by Crippen LogP contribution is -2.32. The molecule has 0 amide bonds. The molecule has 1 N–H and O–H groups in total. The molecule has 2 aromatic heterocycles. The first-order valence-corrected chi connectivity index (χ1v) is 10.7. The van der Waals surface area contributed by atoms with Gasteiger partial charge in [-0.3, -0.25) is 4.68 Å². The predicted molar refractivity (Wildman–Crippen MR) is 101 cm³/mol. The Morgan fingerprint density at radius 3 is 2.50 bits per heavy atom. The van der Waals surface area contributed by atoms with Crippen molar-refractivity contribution in [1.82, 2.24) is 14.5 Å². The van der Waals surface area contributed by atoms with Gasteiger partial charge in [-0.15, -0.1) is 11.3 Å². The molecule has 0 radical (unpaired) electrons. The van der Waals surface area contributed by atoms with Gasteiger partial charge in [-0.2, -0.15) is 18.3 Å². The minimum Gasteiger partial charge on any atom is -0.260 e. The van der Waals surface area contributed by atoms with E-state index in [0.717, 1.165) is 34.5 Å². The molecule has 3 rings (SSSR count). The van der Waals surface area contributed by atoms with Crippen molar-refractivity contribution in [2.45, 2.75) is 31.0 Å². The second-order valence-corrected chi connectivity index (χ2v) is 9.03. The van der Waals surface area contributed by atoms with Crippen LogP contribution in [0.25, 0.3) is 0 Å². The first-order chi connectivity index (χ1) is 13.1. The van der Waals surface area contributed by atoms with Crippen molar-refractivity contribution in [2.24, 2.45) is 0 Å². The minimum absolute atomic E-state index is 0.0406. The third kappa shape index (κ3) is 4.45. The van der Waals surface area contributed by atoms with Gasteiger partial charge in [0.2, 0.25) is 10.0 Å². The highest BCUT2D eigenvalue weighted by Gasteiger charge is 2.32. The Hall–Kier alpha value is -2.17. The van der Waals surface area contributed by atoms with E-state index >= 15 is 0 Å². The number of hydrogen-bond acceptors (Lipinski definition) is 4. The zero-order chi connectivity index (χ0) is 20.5. The fraction of sp³-hybridized carbons (Fsp3) is 0.278. The Morgan fingerprint density at radius 2 is 1.93 bits per heavy atom. The number of nitrogens with one attached hydrogen (secondary N) is 1. The molecule has 0 bridgehead atoms. The van der Waals surface area contributed by atoms with Gasteiger partial charge in [-0.05, 0) is 49.6 Å². The summed E-state index contributed by atoms with van der Waals surface area (Å²) in [6, 6.07) is 8.87. The van der Waals surface area contributed by atoms with Gasteiger partial charge >= 0.3 is 6.18 Å². The Morgan fingerprint density at radius 1 is 1.18 bits per heavy atom. The van der Waals surface area contributed by atoms with Crippen LogP contribution in [0, 0.1) is 13.8 Å². The number of aryl methyl sites for hydroxylation is 2. The number of sulfonamides is 1. The molecular weight excluding hydrogens is 411 g/mol. The van der Waals surface area contributed by atoms with Crippen molar-refractivity contribution in [3.63, 3.8) is 0 Å². The molecule has 2 heterocycles. The van der Waals surface area contributed by atoms with E-state index in [0.29, 0.717) is 6.07 Å². The summed E-state index contributed by atoms with van der Waals surface area (Å²) < 4.78 is 68.0. The highest BCUT2D eigenvalue weighted by Crippen LogP contribution is 2.30. The van der Waals surface area contributed by atoms with E-state index < -0.39 is 32.7 Å². The molecule has 0 aliphatic rings. The molecule has 0 fully saturated rings. The van der Waals surface area contributed by atoms with Crippen molar-refractivity contribution >= 4 is 21.4 Å². The Bertz CT molecular complexity index is 1060. The molecule has 5 nitrogen and oxygen atoms in total. The molecule has 3 aromatic rings. The molecule has 1 atom stereocenters. The van der Waals surface area contributed by atoms with Crippen molar-refractivity contribution in [1.29, 1.82) is 0 Å². The Labute approximate surface area is 164 Å². The highest BCUT2D eigenvalue weighted by molar-refractivity contribution is 7.89. The van der Waals surface area contributed by atoms with Crippen LogP contribution in [-0.2, 0) is 16.2 Å². The molecule has 1 aromatic carbocycles. The maximum atomic E-state index is 12.9. The fourth-order valence-corrected chi connectivity index (χ4v) is 4.76. The van der Waals surface area contributed by atoms with Gasteiger partial charge in [0, 0.05) is 17.1 Å². The lowest BCUT2D eigenvalue weighted by atomic mass is 10.2. The molecule has 0 aliphatic heterocycles. The van der Waals surface area contributed by atoms with Crippen LogP contribution in [0.4, 0.5) is 13.2 Å². The van der Waals surface area contributed by atoms with Crippen LogP contribution in [-0.4, -0.2) is 24.7 Å². The average Bonchev–Trinajstić information content (AvgIpc) is 3.25. The van der Waals surface area contributed by atoms with Crippen LogP contribution in [0.2, 0.25) is 0 Å². The topological polar surface area (TPSA) is 64.0 Å². The lowest BCUT2D eigenvalue weighted by molar-refractivity contribution is -0.137. The maximum Gasteiger partial charge on any atom is 0.416 e. The van der Waals surface area contributed by atoms with E-state index in [1.165, 1.54) is 11.3 Å². The van der Waals surface area contributed by atoms with Crippen molar-refractivity contribution in [3.8, 4) is 0 Å². The molecule has 1 unspecified atom stereocenters. The molecule has 150 valence electrons. The number of thiophene rings is 1. The van der Waals surface area contributed by atoms with E-state index in [4.69, 9.17) is 0 Å². The van der Waals surface area contributed by atoms with Gasteiger partial charge in [0.1, 0.15) is 0 Å². The van der Waals surface area contributed by atoms with Crippen molar-refractivity contribution < 1.29 is 21.6 Å². The number of rotatable bonds is 6. The summed E-state index contributed by atoms with van der Waals surface area (Å²) in [6.07, 6.45) is -4.62. The fourth-order valence-electron chi connectivity index (χ4n) is 2.86. The quantitative estimate of drug-likeness (QED) is 0.640. The van der Waals surface area contributed by atoms with Gasteiger partial charge < -0.3 is 0 Å². The summed E-state index contributed by atoms with van der Waals surface area (Å²) in [7, 11) is -4.13. The number of alkyl halides is 3. The minimum atomic E-state index is -4.62. The van der Waals surface area contributed by atoms with Crippen LogP contribution in [0.5, 0.6) is 0 Å². The highest BCUT2D eigenvalue weighted by atomic mass is 32.2. The van der Waals surface area contributed by atoms with Crippen LogP contribution in [0.3, 0.4) is 0 Å². The molecular formula is C18H18F3N3O2S2. The van der Waals surface area contributed by atoms with Crippen LogP contribution in [0.15, 0.2) is 52.7 Å². The van der Waals surface area contributed by atoms with E-state index in [1.54, 1.807) is 4.68 Å². The SMILES string of the molecule is Cc1cc(C)n(C(CNS(=O)(=O)c2cccc(C(F)(F)F)c2)c2cccs2)n1. The van der Waals surface area contributed by atoms with Gasteiger partial charge in [0.05, 0.1) is 22.2 Å². The number of aromatic nitrogens is 2. The number of nitrogens with zero attached hydrogens (tertiary/aromatic N) is 2. The second kappa shape index (κ2) is 7.69. The average molecular weight is 429 g/mol. The summed E-state index contributed by atoms with van der Waals surface area (Å²) in [5, 5.41) is 6.30. The lowest BCUT2D eigenvalue weighted by Gasteiger charge is -2.19. The van der Waals surface area contributed by atoms with Crippen LogP contribution in [0.1, 0.15) is 27.9 Å². The summed E-state index contributed by atoms with van der Waals surface area (Å²) in [4.78, 5) is 0.457. The Balaban J connectivity index is 1.88. The largest absolute Gasteiger partial charge is 0.416 e. The van der Waals surface area contributed by atoms with E-state index in [9.17, 15) is 21.6 Å². The standard InChI is InChI=1S/C18H18F3N3O2S2/c1-12-9-13(2)24(23-12)16(17-7-4-8-27-17)11-22-28(25,26)15-6-3-5-14(10-15)18(19,20)21/h3-10,16,22H,11H2,1-2H3. The third-order valence-electron chi connectivity index (χ3n) is 4.15. The van der Waals surface area contributed by atoms with E-state index in [1.807, 2.05) is 37.4 Å². The van der Waals surface area contributed by atoms with Gasteiger partial charge in [-0.1, -0.05) is 12.1 Å². The molecule has 0 saturated heterocycles. The molecule has 0 aliphatic carbocycles. The smallest absolute Gasteiger partial charge is 0.260 e. The second-order valence-electron chi connectivity index (χ2n) is 6.28. The zero-order valence-corrected chi connectivity index (χ0v) is 16.7. The molecule has 0 spiro atoms.